The van der Waals surface area contributed by atoms with Gasteiger partial charge in [-0.1, -0.05) is 23.2 Å². The normalized spacial score (nSPS) is 10.4. The van der Waals surface area contributed by atoms with Gasteiger partial charge < -0.3 is 10.2 Å². The average molecular weight is 276 g/mol. The zero-order valence-corrected chi connectivity index (χ0v) is 11.3. The van der Waals surface area contributed by atoms with Crippen molar-refractivity contribution >= 4 is 29.1 Å². The fourth-order valence-electron chi connectivity index (χ4n) is 1.34. The number of nitrogens with zero attached hydrogens (tertiary/aromatic N) is 2. The predicted molar refractivity (Wildman–Crippen MR) is 69.8 cm³/mol. The van der Waals surface area contributed by atoms with Gasteiger partial charge in [-0.05, 0) is 32.1 Å². The zero-order valence-electron chi connectivity index (χ0n) is 9.83. The summed E-state index contributed by atoms with van der Waals surface area (Å²) in [6, 6.07) is 3.13. The lowest BCUT2D eigenvalue weighted by molar-refractivity contribution is 0.0788. The number of nitrogens with one attached hydrogen (secondary N) is 1. The van der Waals surface area contributed by atoms with Crippen molar-refractivity contribution in [3.05, 3.63) is 28.0 Å². The second kappa shape index (κ2) is 6.79. The molecule has 1 rings (SSSR count). The lowest BCUT2D eigenvalue weighted by Gasteiger charge is -2.17. The molecule has 94 valence electrons. The maximum Gasteiger partial charge on any atom is 0.273 e. The summed E-state index contributed by atoms with van der Waals surface area (Å²) >= 11 is 11.7. The number of carbonyl (C=O) groups is 1. The molecule has 0 spiro atoms. The maximum atomic E-state index is 12.0. The molecule has 0 unspecified atom stereocenters. The van der Waals surface area contributed by atoms with Crippen molar-refractivity contribution < 1.29 is 4.79 Å². The van der Waals surface area contributed by atoms with Crippen molar-refractivity contribution in [2.45, 2.75) is 6.42 Å². The van der Waals surface area contributed by atoms with E-state index in [9.17, 15) is 4.79 Å². The highest BCUT2D eigenvalue weighted by Crippen LogP contribution is 2.18. The molecule has 1 aromatic heterocycles. The molecule has 0 aliphatic heterocycles. The Balaban J connectivity index is 2.71. The van der Waals surface area contributed by atoms with Gasteiger partial charge in [-0.15, -0.1) is 0 Å². The smallest absolute Gasteiger partial charge is 0.273 e. The molecule has 1 N–H and O–H groups in total. The van der Waals surface area contributed by atoms with Crippen molar-refractivity contribution in [2.24, 2.45) is 0 Å². The number of pyridine rings is 1. The van der Waals surface area contributed by atoms with Crippen molar-refractivity contribution in [3.63, 3.8) is 0 Å². The van der Waals surface area contributed by atoms with Crippen LogP contribution < -0.4 is 5.32 Å². The Kier molecular flexibility index (Phi) is 5.68. The minimum absolute atomic E-state index is 0.200. The minimum Gasteiger partial charge on any atom is -0.340 e. The number of hydrogen-bond donors (Lipinski definition) is 1. The number of halogens is 2. The van der Waals surface area contributed by atoms with Gasteiger partial charge in [0.1, 0.15) is 10.8 Å². The Morgan fingerprint density at radius 2 is 2.18 bits per heavy atom. The summed E-state index contributed by atoms with van der Waals surface area (Å²) in [6.45, 7) is 1.50. The van der Waals surface area contributed by atoms with Gasteiger partial charge in [0.15, 0.2) is 0 Å². The number of hydrogen-bond acceptors (Lipinski definition) is 3. The molecule has 0 radical (unpaired) electrons. The Bertz CT molecular complexity index is 398. The van der Waals surface area contributed by atoms with Gasteiger partial charge in [0.05, 0.1) is 5.02 Å². The van der Waals surface area contributed by atoms with Crippen LogP contribution in [0.4, 0.5) is 0 Å². The van der Waals surface area contributed by atoms with Crippen LogP contribution in [0.25, 0.3) is 0 Å². The summed E-state index contributed by atoms with van der Waals surface area (Å²) in [5.74, 6) is -0.214. The molecule has 6 heteroatoms. The molecule has 1 amide bonds. The molecule has 4 nitrogen and oxygen atoms in total. The Morgan fingerprint density at radius 3 is 2.82 bits per heavy atom. The molecule has 0 aliphatic rings. The summed E-state index contributed by atoms with van der Waals surface area (Å²) in [5.41, 5.74) is 0.200. The summed E-state index contributed by atoms with van der Waals surface area (Å²) in [7, 11) is 3.59. The minimum atomic E-state index is -0.214. The highest BCUT2D eigenvalue weighted by atomic mass is 35.5. The van der Waals surface area contributed by atoms with Crippen LogP contribution in [0.5, 0.6) is 0 Å². The quantitative estimate of drug-likeness (QED) is 0.661. The molecule has 0 saturated heterocycles. The van der Waals surface area contributed by atoms with Crippen molar-refractivity contribution in [1.29, 1.82) is 0 Å². The molecule has 17 heavy (non-hydrogen) atoms. The third kappa shape index (κ3) is 4.15. The van der Waals surface area contributed by atoms with E-state index in [0.29, 0.717) is 11.6 Å². The van der Waals surface area contributed by atoms with Gasteiger partial charge >= 0.3 is 0 Å². The van der Waals surface area contributed by atoms with E-state index in [2.05, 4.69) is 10.3 Å². The first kappa shape index (κ1) is 14.2. The highest BCUT2D eigenvalue weighted by molar-refractivity contribution is 6.34. The number of amides is 1. The van der Waals surface area contributed by atoms with Crippen LogP contribution in [-0.2, 0) is 0 Å². The average Bonchev–Trinajstić information content (AvgIpc) is 2.31. The van der Waals surface area contributed by atoms with Gasteiger partial charge in [-0.25, -0.2) is 4.98 Å². The van der Waals surface area contributed by atoms with Crippen LogP contribution in [0.3, 0.4) is 0 Å². The van der Waals surface area contributed by atoms with Crippen molar-refractivity contribution in [1.82, 2.24) is 15.2 Å². The number of carbonyl (C=O) groups excluding carboxylic acids is 1. The van der Waals surface area contributed by atoms with E-state index in [-0.39, 0.29) is 16.8 Å². The van der Waals surface area contributed by atoms with Gasteiger partial charge in [-0.2, -0.15) is 0 Å². The van der Waals surface area contributed by atoms with E-state index in [1.165, 1.54) is 0 Å². The second-order valence-corrected chi connectivity index (χ2v) is 4.44. The first-order chi connectivity index (χ1) is 8.06. The van der Waals surface area contributed by atoms with Gasteiger partial charge in [-0.3, -0.25) is 4.79 Å². The second-order valence-electron chi connectivity index (χ2n) is 3.65. The van der Waals surface area contributed by atoms with Crippen molar-refractivity contribution in [3.8, 4) is 0 Å². The number of aromatic nitrogens is 1. The van der Waals surface area contributed by atoms with Crippen molar-refractivity contribution in [2.75, 3.05) is 27.2 Å². The van der Waals surface area contributed by atoms with Crippen LogP contribution in [0.2, 0.25) is 10.2 Å². The first-order valence-electron chi connectivity index (χ1n) is 5.28. The third-order valence-corrected chi connectivity index (χ3v) is 2.80. The molecule has 0 bridgehead atoms. The van der Waals surface area contributed by atoms with E-state index in [4.69, 9.17) is 23.2 Å². The van der Waals surface area contributed by atoms with E-state index in [1.54, 1.807) is 24.1 Å². The van der Waals surface area contributed by atoms with Crippen LogP contribution >= 0.6 is 23.2 Å². The first-order valence-corrected chi connectivity index (χ1v) is 6.04. The van der Waals surface area contributed by atoms with Crippen LogP contribution in [-0.4, -0.2) is 43.0 Å². The van der Waals surface area contributed by atoms with E-state index < -0.39 is 0 Å². The molecule has 0 aliphatic carbocycles. The molecule has 0 fully saturated rings. The standard InChI is InChI=1S/C11H15Cl2N3O/c1-14-6-3-7-16(2)11(17)10-8(12)4-5-9(13)15-10/h4-5,14H,3,6-7H2,1-2H3. The van der Waals surface area contributed by atoms with Crippen LogP contribution in [0, 0.1) is 0 Å². The lowest BCUT2D eigenvalue weighted by Crippen LogP contribution is -2.30. The SMILES string of the molecule is CNCCCN(C)C(=O)c1nc(Cl)ccc1Cl. The Labute approximate surface area is 111 Å². The van der Waals surface area contributed by atoms with E-state index in [0.717, 1.165) is 13.0 Å². The molecular formula is C11H15Cl2N3O. The van der Waals surface area contributed by atoms with E-state index >= 15 is 0 Å². The summed E-state index contributed by atoms with van der Waals surface area (Å²) in [4.78, 5) is 17.5. The molecule has 1 heterocycles. The molecule has 0 aromatic carbocycles. The molecule has 0 saturated carbocycles. The lowest BCUT2D eigenvalue weighted by atomic mass is 10.3. The summed E-state index contributed by atoms with van der Waals surface area (Å²) < 4.78 is 0. The fourth-order valence-corrected chi connectivity index (χ4v) is 1.68. The monoisotopic (exact) mass is 275 g/mol. The largest absolute Gasteiger partial charge is 0.340 e. The molecular weight excluding hydrogens is 261 g/mol. The van der Waals surface area contributed by atoms with Gasteiger partial charge in [0, 0.05) is 13.6 Å². The third-order valence-electron chi connectivity index (χ3n) is 2.28. The summed E-state index contributed by atoms with van der Waals surface area (Å²) in [5, 5.41) is 3.61. The molecule has 0 atom stereocenters. The Hall–Kier alpha value is -0.840. The van der Waals surface area contributed by atoms with Crippen LogP contribution in [0.15, 0.2) is 12.1 Å². The van der Waals surface area contributed by atoms with E-state index in [1.807, 2.05) is 7.05 Å². The topological polar surface area (TPSA) is 45.2 Å². The van der Waals surface area contributed by atoms with Gasteiger partial charge in [0.25, 0.3) is 5.91 Å². The fraction of sp³-hybridized carbons (Fsp3) is 0.455. The number of rotatable bonds is 5. The van der Waals surface area contributed by atoms with Gasteiger partial charge in [0.2, 0.25) is 0 Å². The maximum absolute atomic E-state index is 12.0. The highest BCUT2D eigenvalue weighted by Gasteiger charge is 2.16. The zero-order chi connectivity index (χ0) is 12.8. The Morgan fingerprint density at radius 1 is 1.47 bits per heavy atom. The molecule has 1 aromatic rings. The van der Waals surface area contributed by atoms with Crippen LogP contribution in [0.1, 0.15) is 16.9 Å². The predicted octanol–water partition coefficient (Wildman–Crippen LogP) is 2.07. The summed E-state index contributed by atoms with van der Waals surface area (Å²) in [6.07, 6.45) is 0.872.